The molecule has 0 heterocycles. The maximum absolute atomic E-state index is 11.3. The molecule has 18 heavy (non-hydrogen) atoms. The van der Waals surface area contributed by atoms with Crippen molar-refractivity contribution in [2.24, 2.45) is 0 Å². The number of hydrogen-bond acceptors (Lipinski definition) is 1. The lowest BCUT2D eigenvalue weighted by Gasteiger charge is -2.12. The van der Waals surface area contributed by atoms with Crippen LogP contribution in [-0.2, 0) is 0 Å². The van der Waals surface area contributed by atoms with Crippen LogP contribution in [0.25, 0.3) is 11.1 Å². The fourth-order valence-electron chi connectivity index (χ4n) is 1.85. The first-order valence-corrected chi connectivity index (χ1v) is 6.05. The number of benzene rings is 2. The zero-order valence-electron chi connectivity index (χ0n) is 9.58. The van der Waals surface area contributed by atoms with E-state index in [1.54, 1.807) is 0 Å². The number of aryl methyl sites for hydroxylation is 1. The van der Waals surface area contributed by atoms with Crippen LogP contribution in [-0.4, -0.2) is 11.1 Å². The van der Waals surface area contributed by atoms with E-state index in [9.17, 15) is 9.90 Å². The molecular weight excluding hydrogens is 271 g/mol. The highest BCUT2D eigenvalue weighted by atomic mass is 35.5. The summed E-state index contributed by atoms with van der Waals surface area (Å²) in [5.41, 5.74) is 2.35. The quantitative estimate of drug-likeness (QED) is 0.868. The van der Waals surface area contributed by atoms with Gasteiger partial charge in [0.2, 0.25) is 0 Å². The average Bonchev–Trinajstić information content (AvgIpc) is 2.33. The topological polar surface area (TPSA) is 37.3 Å². The predicted molar refractivity (Wildman–Crippen MR) is 73.6 cm³/mol. The van der Waals surface area contributed by atoms with Crippen LogP contribution in [0, 0.1) is 6.92 Å². The van der Waals surface area contributed by atoms with Crippen LogP contribution in [0.5, 0.6) is 0 Å². The Morgan fingerprint density at radius 2 is 1.78 bits per heavy atom. The normalized spacial score (nSPS) is 10.4. The van der Waals surface area contributed by atoms with Crippen molar-refractivity contribution in [2.75, 3.05) is 0 Å². The molecule has 1 N–H and O–H groups in total. The summed E-state index contributed by atoms with van der Waals surface area (Å²) in [6, 6.07) is 10.4. The van der Waals surface area contributed by atoms with Crippen molar-refractivity contribution in [2.45, 2.75) is 6.92 Å². The Balaban J connectivity index is 2.81. The van der Waals surface area contributed by atoms with Crippen LogP contribution in [0.15, 0.2) is 36.4 Å². The minimum Gasteiger partial charge on any atom is -0.478 e. The third-order valence-electron chi connectivity index (χ3n) is 2.74. The molecule has 0 aliphatic heterocycles. The zero-order chi connectivity index (χ0) is 13.3. The van der Waals surface area contributed by atoms with Gasteiger partial charge >= 0.3 is 5.97 Å². The Labute approximate surface area is 115 Å². The lowest BCUT2D eigenvalue weighted by atomic mass is 9.96. The fourth-order valence-corrected chi connectivity index (χ4v) is 2.27. The number of halogens is 2. The van der Waals surface area contributed by atoms with Gasteiger partial charge in [-0.3, -0.25) is 0 Å². The van der Waals surface area contributed by atoms with Crippen LogP contribution < -0.4 is 0 Å². The third-order valence-corrected chi connectivity index (χ3v) is 3.54. The summed E-state index contributed by atoms with van der Waals surface area (Å²) in [5, 5.41) is 9.85. The van der Waals surface area contributed by atoms with E-state index >= 15 is 0 Å². The van der Waals surface area contributed by atoms with Crippen LogP contribution in [0.4, 0.5) is 0 Å². The van der Waals surface area contributed by atoms with Crippen molar-refractivity contribution in [3.63, 3.8) is 0 Å². The lowest BCUT2D eigenvalue weighted by molar-refractivity contribution is 0.0698. The molecular formula is C14H10Cl2O2. The van der Waals surface area contributed by atoms with Gasteiger partial charge in [-0.2, -0.15) is 0 Å². The molecule has 0 radical (unpaired) electrons. The van der Waals surface area contributed by atoms with Crippen molar-refractivity contribution in [3.8, 4) is 11.1 Å². The number of carboxylic acids is 1. The molecule has 0 amide bonds. The first kappa shape index (κ1) is 12.9. The van der Waals surface area contributed by atoms with Crippen LogP contribution in [0.1, 0.15) is 15.9 Å². The van der Waals surface area contributed by atoms with Gasteiger partial charge in [0.15, 0.2) is 0 Å². The van der Waals surface area contributed by atoms with Gasteiger partial charge in [-0.25, -0.2) is 4.79 Å². The summed E-state index contributed by atoms with van der Waals surface area (Å²) in [5.74, 6) is -1.02. The first-order valence-electron chi connectivity index (χ1n) is 5.29. The van der Waals surface area contributed by atoms with Crippen molar-refractivity contribution < 1.29 is 9.90 Å². The van der Waals surface area contributed by atoms with E-state index in [1.165, 1.54) is 12.1 Å². The zero-order valence-corrected chi connectivity index (χ0v) is 11.1. The predicted octanol–water partition coefficient (Wildman–Crippen LogP) is 4.67. The van der Waals surface area contributed by atoms with E-state index < -0.39 is 5.97 Å². The molecule has 2 rings (SSSR count). The molecule has 0 aromatic heterocycles. The molecule has 2 aromatic carbocycles. The molecule has 2 nitrogen and oxygen atoms in total. The molecule has 0 aliphatic rings. The largest absolute Gasteiger partial charge is 0.478 e. The van der Waals surface area contributed by atoms with Crippen molar-refractivity contribution >= 4 is 29.2 Å². The highest BCUT2D eigenvalue weighted by Crippen LogP contribution is 2.37. The highest BCUT2D eigenvalue weighted by molar-refractivity contribution is 6.44. The smallest absolute Gasteiger partial charge is 0.336 e. The Bertz CT molecular complexity index is 621. The Morgan fingerprint density at radius 3 is 2.39 bits per heavy atom. The summed E-state index contributed by atoms with van der Waals surface area (Å²) >= 11 is 12.1. The second kappa shape index (κ2) is 5.01. The van der Waals surface area contributed by atoms with Crippen LogP contribution >= 0.6 is 23.2 Å². The lowest BCUT2D eigenvalue weighted by Crippen LogP contribution is -2.01. The van der Waals surface area contributed by atoms with E-state index in [1.807, 2.05) is 31.2 Å². The molecule has 92 valence electrons. The minimum absolute atomic E-state index is 0.152. The van der Waals surface area contributed by atoms with Crippen molar-refractivity contribution in [1.29, 1.82) is 0 Å². The number of rotatable bonds is 2. The van der Waals surface area contributed by atoms with Gasteiger partial charge in [-0.1, -0.05) is 47.5 Å². The number of carboxylic acid groups (broad SMARTS) is 1. The van der Waals surface area contributed by atoms with Gasteiger partial charge < -0.3 is 5.11 Å². The van der Waals surface area contributed by atoms with Gasteiger partial charge in [0.1, 0.15) is 0 Å². The summed E-state index contributed by atoms with van der Waals surface area (Å²) in [6.45, 7) is 1.90. The minimum atomic E-state index is -1.02. The van der Waals surface area contributed by atoms with E-state index in [0.29, 0.717) is 10.6 Å². The van der Waals surface area contributed by atoms with Gasteiger partial charge in [-0.05, 0) is 30.2 Å². The number of hydrogen-bond donors (Lipinski definition) is 1. The number of aromatic carboxylic acids is 1. The molecule has 0 aliphatic carbocycles. The van der Waals surface area contributed by atoms with Gasteiger partial charge in [0, 0.05) is 5.56 Å². The Hall–Kier alpha value is -1.51. The average molecular weight is 281 g/mol. The Kier molecular flexibility index (Phi) is 3.60. The molecule has 0 saturated carbocycles. The summed E-state index contributed by atoms with van der Waals surface area (Å²) < 4.78 is 0. The molecule has 2 aromatic rings. The van der Waals surface area contributed by atoms with E-state index in [-0.39, 0.29) is 10.6 Å². The van der Waals surface area contributed by atoms with Crippen LogP contribution in [0.2, 0.25) is 10.0 Å². The summed E-state index contributed by atoms with van der Waals surface area (Å²) in [6.07, 6.45) is 0. The van der Waals surface area contributed by atoms with Gasteiger partial charge in [0.05, 0.1) is 15.6 Å². The molecule has 0 atom stereocenters. The molecule has 0 saturated heterocycles. The van der Waals surface area contributed by atoms with Gasteiger partial charge in [-0.15, -0.1) is 0 Å². The summed E-state index contributed by atoms with van der Waals surface area (Å²) in [7, 11) is 0. The molecule has 0 fully saturated rings. The summed E-state index contributed by atoms with van der Waals surface area (Å²) in [4.78, 5) is 11.3. The van der Waals surface area contributed by atoms with Crippen molar-refractivity contribution in [1.82, 2.24) is 0 Å². The first-order chi connectivity index (χ1) is 8.52. The maximum Gasteiger partial charge on any atom is 0.336 e. The molecule has 0 spiro atoms. The van der Waals surface area contributed by atoms with Gasteiger partial charge in [0.25, 0.3) is 0 Å². The monoisotopic (exact) mass is 280 g/mol. The standard InChI is InChI=1S/C14H10Cl2O2/c1-8-4-2-3-5-9(8)12-10(14(17)18)6-7-11(15)13(12)16/h2-7H,1H3,(H,17,18). The van der Waals surface area contributed by atoms with Crippen molar-refractivity contribution in [3.05, 3.63) is 57.6 Å². The highest BCUT2D eigenvalue weighted by Gasteiger charge is 2.18. The second-order valence-electron chi connectivity index (χ2n) is 3.90. The third kappa shape index (κ3) is 2.22. The van der Waals surface area contributed by atoms with Crippen LogP contribution in [0.3, 0.4) is 0 Å². The molecule has 4 heteroatoms. The second-order valence-corrected chi connectivity index (χ2v) is 4.69. The number of carbonyl (C=O) groups is 1. The molecule has 0 unspecified atom stereocenters. The molecule has 0 bridgehead atoms. The van der Waals surface area contributed by atoms with E-state index in [0.717, 1.165) is 11.1 Å². The van der Waals surface area contributed by atoms with E-state index in [4.69, 9.17) is 23.2 Å². The SMILES string of the molecule is Cc1ccccc1-c1c(C(=O)O)ccc(Cl)c1Cl. The Morgan fingerprint density at radius 1 is 1.11 bits per heavy atom. The van der Waals surface area contributed by atoms with E-state index in [2.05, 4.69) is 0 Å². The maximum atomic E-state index is 11.3. The fraction of sp³-hybridized carbons (Fsp3) is 0.0714.